The van der Waals surface area contributed by atoms with Crippen LogP contribution in [0.3, 0.4) is 0 Å². The Balaban J connectivity index is 1.23. The van der Waals surface area contributed by atoms with Crippen LogP contribution in [0.4, 0.5) is 5.69 Å². The van der Waals surface area contributed by atoms with E-state index in [4.69, 9.17) is 4.42 Å². The molecule has 8 heteroatoms. The molecule has 3 aromatic rings. The molecule has 162 valence electrons. The molecule has 7 nitrogen and oxygen atoms in total. The lowest BCUT2D eigenvalue weighted by molar-refractivity contribution is -0.116. The highest BCUT2D eigenvalue weighted by molar-refractivity contribution is 7.89. The van der Waals surface area contributed by atoms with Crippen LogP contribution in [0.5, 0.6) is 0 Å². The van der Waals surface area contributed by atoms with Crippen molar-refractivity contribution in [3.63, 3.8) is 0 Å². The molecule has 0 radical (unpaired) electrons. The number of anilines is 1. The third kappa shape index (κ3) is 6.02. The van der Waals surface area contributed by atoms with E-state index in [1.54, 1.807) is 18.3 Å². The van der Waals surface area contributed by atoms with Crippen LogP contribution in [-0.4, -0.2) is 25.9 Å². The number of oxazole rings is 1. The number of aromatic nitrogens is 1. The molecule has 1 amide bonds. The fourth-order valence-corrected chi connectivity index (χ4v) is 4.25. The summed E-state index contributed by atoms with van der Waals surface area (Å²) >= 11 is 0. The molecule has 4 rings (SSSR count). The summed E-state index contributed by atoms with van der Waals surface area (Å²) < 4.78 is 32.9. The van der Waals surface area contributed by atoms with Crippen LogP contribution < -0.4 is 10.0 Å². The Labute approximate surface area is 181 Å². The number of carbonyl (C=O) groups is 1. The number of nitrogens with zero attached hydrogens (tertiary/aromatic N) is 1. The van der Waals surface area contributed by atoms with Gasteiger partial charge in [-0.05, 0) is 49.4 Å². The normalized spacial score (nSPS) is 13.8. The highest BCUT2D eigenvalue weighted by atomic mass is 32.2. The van der Waals surface area contributed by atoms with E-state index < -0.39 is 10.0 Å². The first-order valence-corrected chi connectivity index (χ1v) is 11.9. The van der Waals surface area contributed by atoms with Gasteiger partial charge in [0.25, 0.3) is 0 Å². The Morgan fingerprint density at radius 2 is 1.81 bits per heavy atom. The summed E-state index contributed by atoms with van der Waals surface area (Å²) in [7, 11) is -3.50. The minimum Gasteiger partial charge on any atom is -0.441 e. The van der Waals surface area contributed by atoms with Gasteiger partial charge in [-0.3, -0.25) is 4.79 Å². The van der Waals surface area contributed by atoms with Crippen LogP contribution in [0.2, 0.25) is 0 Å². The van der Waals surface area contributed by atoms with E-state index in [2.05, 4.69) is 15.0 Å². The largest absolute Gasteiger partial charge is 0.441 e. The lowest BCUT2D eigenvalue weighted by atomic mass is 10.2. The molecule has 0 spiro atoms. The minimum atomic E-state index is -3.50. The van der Waals surface area contributed by atoms with Crippen molar-refractivity contribution in [3.8, 4) is 11.3 Å². The van der Waals surface area contributed by atoms with Crippen molar-refractivity contribution in [1.29, 1.82) is 0 Å². The van der Waals surface area contributed by atoms with Crippen LogP contribution in [0, 0.1) is 5.92 Å². The molecule has 1 heterocycles. The van der Waals surface area contributed by atoms with E-state index in [0.717, 1.165) is 18.4 Å². The number of rotatable bonds is 10. The summed E-state index contributed by atoms with van der Waals surface area (Å²) in [6.45, 7) is 0.484. The van der Waals surface area contributed by atoms with E-state index in [9.17, 15) is 13.2 Å². The molecule has 1 aliphatic carbocycles. The third-order valence-corrected chi connectivity index (χ3v) is 6.55. The van der Waals surface area contributed by atoms with Crippen LogP contribution in [0.25, 0.3) is 11.3 Å². The smallest absolute Gasteiger partial charge is 0.240 e. The van der Waals surface area contributed by atoms with Gasteiger partial charge in [0.05, 0.1) is 11.1 Å². The average molecular weight is 440 g/mol. The molecule has 0 unspecified atom stereocenters. The molecule has 1 aromatic heterocycles. The lowest BCUT2D eigenvalue weighted by Crippen LogP contribution is -2.25. The van der Waals surface area contributed by atoms with Gasteiger partial charge < -0.3 is 9.73 Å². The number of sulfonamides is 1. The van der Waals surface area contributed by atoms with Crippen molar-refractivity contribution in [2.75, 3.05) is 11.9 Å². The van der Waals surface area contributed by atoms with Gasteiger partial charge in [0.1, 0.15) is 0 Å². The van der Waals surface area contributed by atoms with Crippen molar-refractivity contribution >= 4 is 21.6 Å². The first kappa shape index (κ1) is 21.3. The molecular weight excluding hydrogens is 414 g/mol. The highest BCUT2D eigenvalue weighted by Gasteiger charge is 2.24. The van der Waals surface area contributed by atoms with E-state index >= 15 is 0 Å². The molecule has 1 fully saturated rings. The Kier molecular flexibility index (Phi) is 6.48. The molecule has 1 aliphatic rings. The SMILES string of the molecule is O=C(CCCc1ncc(-c2ccccc2)o1)Nc1ccc(S(=O)(=O)NCC2CC2)cc1. The Morgan fingerprint density at radius 3 is 2.52 bits per heavy atom. The van der Waals surface area contributed by atoms with E-state index in [0.29, 0.717) is 49.1 Å². The monoisotopic (exact) mass is 439 g/mol. The van der Waals surface area contributed by atoms with Crippen molar-refractivity contribution in [1.82, 2.24) is 9.71 Å². The van der Waals surface area contributed by atoms with Gasteiger partial charge in [-0.1, -0.05) is 30.3 Å². The van der Waals surface area contributed by atoms with Crippen LogP contribution in [0.15, 0.2) is 70.1 Å². The van der Waals surface area contributed by atoms with Gasteiger partial charge in [0.15, 0.2) is 11.7 Å². The number of aryl methyl sites for hydroxylation is 1. The number of amides is 1. The third-order valence-electron chi connectivity index (χ3n) is 5.11. The second-order valence-corrected chi connectivity index (χ2v) is 9.47. The number of benzene rings is 2. The highest BCUT2D eigenvalue weighted by Crippen LogP contribution is 2.28. The van der Waals surface area contributed by atoms with Gasteiger partial charge in [-0.25, -0.2) is 18.1 Å². The standard InChI is InChI=1S/C23H25N3O4S/c27-22(7-4-8-23-24-16-21(30-23)18-5-2-1-3-6-18)26-19-11-13-20(14-12-19)31(28,29)25-15-17-9-10-17/h1-3,5-6,11-14,16-17,25H,4,7-10,15H2,(H,26,27). The number of carbonyl (C=O) groups excluding carboxylic acids is 1. The molecule has 31 heavy (non-hydrogen) atoms. The summed E-state index contributed by atoms with van der Waals surface area (Å²) in [6.07, 6.45) is 5.32. The Hall–Kier alpha value is -2.97. The fourth-order valence-electron chi connectivity index (χ4n) is 3.14. The zero-order valence-electron chi connectivity index (χ0n) is 17.1. The Morgan fingerprint density at radius 1 is 1.06 bits per heavy atom. The van der Waals surface area contributed by atoms with E-state index in [1.165, 1.54) is 12.1 Å². The molecule has 1 saturated carbocycles. The maximum atomic E-state index is 12.3. The molecule has 2 N–H and O–H groups in total. The maximum Gasteiger partial charge on any atom is 0.240 e. The van der Waals surface area contributed by atoms with Gasteiger partial charge in [-0.15, -0.1) is 0 Å². The van der Waals surface area contributed by atoms with Crippen molar-refractivity contribution < 1.29 is 17.6 Å². The molecule has 0 bridgehead atoms. The second-order valence-electron chi connectivity index (χ2n) is 7.71. The first-order valence-electron chi connectivity index (χ1n) is 10.4. The summed E-state index contributed by atoms with van der Waals surface area (Å²) in [5.74, 6) is 1.63. The molecule has 0 saturated heterocycles. The van der Waals surface area contributed by atoms with Crippen LogP contribution in [0.1, 0.15) is 31.6 Å². The molecule has 0 atom stereocenters. The topological polar surface area (TPSA) is 101 Å². The molecule has 0 aliphatic heterocycles. The quantitative estimate of drug-likeness (QED) is 0.497. The summed E-state index contributed by atoms with van der Waals surface area (Å²) in [6, 6.07) is 15.9. The Bertz CT molecular complexity index is 1120. The minimum absolute atomic E-state index is 0.141. The first-order chi connectivity index (χ1) is 15.0. The van der Waals surface area contributed by atoms with Crippen molar-refractivity contribution in [3.05, 3.63) is 66.7 Å². The average Bonchev–Trinajstić information content (AvgIpc) is 3.49. The maximum absolute atomic E-state index is 12.3. The summed E-state index contributed by atoms with van der Waals surface area (Å²) in [5, 5.41) is 2.79. The predicted molar refractivity (Wildman–Crippen MR) is 118 cm³/mol. The lowest BCUT2D eigenvalue weighted by Gasteiger charge is -2.08. The zero-order valence-corrected chi connectivity index (χ0v) is 17.9. The second kappa shape index (κ2) is 9.45. The number of hydrogen-bond acceptors (Lipinski definition) is 5. The van der Waals surface area contributed by atoms with Crippen LogP contribution >= 0.6 is 0 Å². The van der Waals surface area contributed by atoms with Crippen LogP contribution in [-0.2, 0) is 21.2 Å². The number of hydrogen-bond donors (Lipinski definition) is 2. The van der Waals surface area contributed by atoms with Gasteiger partial charge in [-0.2, -0.15) is 0 Å². The van der Waals surface area contributed by atoms with E-state index in [1.807, 2.05) is 30.3 Å². The van der Waals surface area contributed by atoms with E-state index in [-0.39, 0.29) is 10.8 Å². The van der Waals surface area contributed by atoms with Gasteiger partial charge >= 0.3 is 0 Å². The number of nitrogens with one attached hydrogen (secondary N) is 2. The summed E-state index contributed by atoms with van der Waals surface area (Å²) in [5.41, 5.74) is 1.53. The molecule has 2 aromatic carbocycles. The van der Waals surface area contributed by atoms with Gasteiger partial charge in [0.2, 0.25) is 15.9 Å². The van der Waals surface area contributed by atoms with Gasteiger partial charge in [0, 0.05) is 30.6 Å². The summed E-state index contributed by atoms with van der Waals surface area (Å²) in [4.78, 5) is 16.7. The van der Waals surface area contributed by atoms with Crippen molar-refractivity contribution in [2.45, 2.75) is 37.0 Å². The zero-order chi connectivity index (χ0) is 21.7. The molecular formula is C23H25N3O4S. The fraction of sp³-hybridized carbons (Fsp3) is 0.304. The predicted octanol–water partition coefficient (Wildman–Crippen LogP) is 3.99. The van der Waals surface area contributed by atoms with Crippen molar-refractivity contribution in [2.24, 2.45) is 5.92 Å².